The van der Waals surface area contributed by atoms with Crippen LogP contribution in [0.3, 0.4) is 0 Å². The fraction of sp³-hybridized carbons (Fsp3) is 0.739. The fourth-order valence-electron chi connectivity index (χ4n) is 7.40. The van der Waals surface area contributed by atoms with Crippen molar-refractivity contribution >= 4 is 19.9 Å². The molecule has 0 aliphatic heterocycles. The number of halogens is 1. The summed E-state index contributed by atoms with van der Waals surface area (Å²) in [6, 6.07) is 0. The number of hydrogen-bond acceptors (Lipinski definition) is 6. The molecule has 4 N–H and O–H groups in total. The van der Waals surface area contributed by atoms with E-state index in [2.05, 4.69) is 0 Å². The molecule has 3 saturated carbocycles. The van der Waals surface area contributed by atoms with Gasteiger partial charge in [0.15, 0.2) is 17.2 Å². The first kappa shape index (κ1) is 29.2. The zero-order chi connectivity index (χ0) is 23.0. The van der Waals surface area contributed by atoms with Gasteiger partial charge in [-0.2, -0.15) is 0 Å². The van der Waals surface area contributed by atoms with Gasteiger partial charge in [0.1, 0.15) is 12.2 Å². The molecule has 0 aromatic carbocycles. The molecule has 3 fully saturated rings. The number of carbonyl (C=O) groups is 2. The minimum Gasteiger partial charge on any atom is -0.808 e. The SMILES string of the molecule is C[C@@H]1CC2C3CCC4=CC(=O)C=CC4(C)[C@@]3(F)C(O)CC2(C)[C@@]1(O)C(=O)COP(C)[O-].O.[Na+]. The smallest absolute Gasteiger partial charge is 0.808 e. The summed E-state index contributed by atoms with van der Waals surface area (Å²) in [7, 11) is -2.00. The number of Topliss-reactive ketones (excluding diaryl/α,β-unsaturated/α-hetero) is 1. The van der Waals surface area contributed by atoms with Crippen molar-refractivity contribution in [2.75, 3.05) is 13.3 Å². The van der Waals surface area contributed by atoms with Crippen molar-refractivity contribution < 1.29 is 68.6 Å². The Morgan fingerprint density at radius 2 is 2.00 bits per heavy atom. The maximum absolute atomic E-state index is 17.0. The zero-order valence-corrected chi connectivity index (χ0v) is 22.8. The van der Waals surface area contributed by atoms with Crippen LogP contribution in [0, 0.1) is 28.6 Å². The minimum atomic E-state index is -2.00. The number of allylic oxidation sites excluding steroid dienone is 4. The number of aliphatic hydroxyl groups excluding tert-OH is 1. The van der Waals surface area contributed by atoms with E-state index >= 15 is 4.39 Å². The predicted molar refractivity (Wildman–Crippen MR) is 115 cm³/mol. The number of hydrogen-bond donors (Lipinski definition) is 2. The predicted octanol–water partition coefficient (Wildman–Crippen LogP) is -1.60. The van der Waals surface area contributed by atoms with Crippen LogP contribution in [0.5, 0.6) is 0 Å². The molecule has 0 spiro atoms. The van der Waals surface area contributed by atoms with E-state index in [9.17, 15) is 24.7 Å². The Morgan fingerprint density at radius 3 is 2.61 bits per heavy atom. The fourth-order valence-corrected chi connectivity index (χ4v) is 7.70. The molecule has 0 aromatic rings. The van der Waals surface area contributed by atoms with E-state index in [4.69, 9.17) is 4.52 Å². The Bertz CT molecular complexity index is 881. The van der Waals surface area contributed by atoms with Gasteiger partial charge in [0.05, 0.1) is 6.10 Å². The molecular weight excluding hydrogens is 461 g/mol. The summed E-state index contributed by atoms with van der Waals surface area (Å²) in [5.74, 6) is -2.11. The van der Waals surface area contributed by atoms with Crippen LogP contribution in [-0.2, 0) is 14.1 Å². The van der Waals surface area contributed by atoms with E-state index in [0.29, 0.717) is 24.8 Å². The van der Waals surface area contributed by atoms with E-state index in [-0.39, 0.29) is 53.2 Å². The minimum absolute atomic E-state index is 0. The second-order valence-electron chi connectivity index (χ2n) is 10.3. The Hall–Kier alpha value is -0.0200. The standard InChI is InChI=1S/C23H31FO6P.Na.H2O/c1-13-9-17-16-6-5-14-10-15(25)7-8-20(14,2)22(16,24)18(26)11-21(17,3)23(13,28)19(27)12-30-31(4)29;;/h7-8,10,13,16-18,26,28H,5-6,9,11-12H2,1-4H3;;1H2/q-1;+1;/t13-,16?,17?,18?,20?,21?,22+,23+,31?;;/m1../s1. The molecule has 6 unspecified atom stereocenters. The third kappa shape index (κ3) is 3.80. The van der Waals surface area contributed by atoms with Gasteiger partial charge in [-0.15, -0.1) is 0 Å². The van der Waals surface area contributed by atoms with Crippen molar-refractivity contribution in [3.05, 3.63) is 23.8 Å². The van der Waals surface area contributed by atoms with Crippen LogP contribution in [0.1, 0.15) is 46.5 Å². The molecule has 0 bridgehead atoms. The number of alkyl halides is 1. The third-order valence-electron chi connectivity index (χ3n) is 9.03. The summed E-state index contributed by atoms with van der Waals surface area (Å²) in [4.78, 5) is 36.3. The second-order valence-corrected chi connectivity index (χ2v) is 11.4. The van der Waals surface area contributed by atoms with Crippen LogP contribution in [0.2, 0.25) is 0 Å². The molecule has 33 heavy (non-hydrogen) atoms. The number of aliphatic hydroxyl groups is 2. The quantitative estimate of drug-likeness (QED) is 0.357. The van der Waals surface area contributed by atoms with Crippen LogP contribution in [0.25, 0.3) is 0 Å². The summed E-state index contributed by atoms with van der Waals surface area (Å²) >= 11 is 0. The first-order valence-corrected chi connectivity index (χ1v) is 12.6. The van der Waals surface area contributed by atoms with Crippen LogP contribution in [0.4, 0.5) is 4.39 Å². The summed E-state index contributed by atoms with van der Waals surface area (Å²) in [6.07, 6.45) is 4.35. The number of fused-ring (bicyclic) bond motifs is 5. The summed E-state index contributed by atoms with van der Waals surface area (Å²) in [5, 5.41) is 22.9. The molecule has 0 heterocycles. The van der Waals surface area contributed by atoms with Crippen molar-refractivity contribution in [3.8, 4) is 0 Å². The number of carbonyl (C=O) groups excluding carboxylic acids is 2. The Balaban J connectivity index is 0.00000193. The van der Waals surface area contributed by atoms with Gasteiger partial charge in [-0.3, -0.25) is 9.59 Å². The molecule has 0 aromatic heterocycles. The van der Waals surface area contributed by atoms with Gasteiger partial charge >= 0.3 is 29.6 Å². The molecule has 10 heteroatoms. The molecule has 9 atom stereocenters. The van der Waals surface area contributed by atoms with Crippen LogP contribution < -0.4 is 34.5 Å². The van der Waals surface area contributed by atoms with Crippen LogP contribution >= 0.6 is 8.38 Å². The second kappa shape index (κ2) is 9.45. The first-order chi connectivity index (χ1) is 14.3. The van der Waals surface area contributed by atoms with E-state index < -0.39 is 60.8 Å². The van der Waals surface area contributed by atoms with Crippen LogP contribution in [0.15, 0.2) is 23.8 Å². The Morgan fingerprint density at radius 1 is 1.36 bits per heavy atom. The summed E-state index contributed by atoms with van der Waals surface area (Å²) in [6.45, 7) is 6.14. The molecule has 180 valence electrons. The van der Waals surface area contributed by atoms with Crippen molar-refractivity contribution in [2.45, 2.75) is 63.8 Å². The van der Waals surface area contributed by atoms with Crippen LogP contribution in [-0.4, -0.2) is 57.9 Å². The van der Waals surface area contributed by atoms with E-state index in [1.54, 1.807) is 26.8 Å². The molecule has 4 aliphatic rings. The average Bonchev–Trinajstić information content (AvgIpc) is 2.89. The molecule has 0 radical (unpaired) electrons. The largest absolute Gasteiger partial charge is 1.00 e. The van der Waals surface area contributed by atoms with E-state index in [1.807, 2.05) is 0 Å². The van der Waals surface area contributed by atoms with Gasteiger partial charge in [0.2, 0.25) is 0 Å². The summed E-state index contributed by atoms with van der Waals surface area (Å²) in [5.41, 5.74) is -5.27. The number of rotatable bonds is 4. The van der Waals surface area contributed by atoms with Crippen molar-refractivity contribution in [1.82, 2.24) is 0 Å². The van der Waals surface area contributed by atoms with Gasteiger partial charge in [-0.25, -0.2) is 4.39 Å². The van der Waals surface area contributed by atoms with Gasteiger partial charge in [-0.1, -0.05) is 33.9 Å². The Labute approximate surface area is 217 Å². The molecule has 0 amide bonds. The normalized spacial score (nSPS) is 46.7. The molecule has 0 saturated heterocycles. The average molecular weight is 494 g/mol. The monoisotopic (exact) mass is 494 g/mol. The molecule has 4 rings (SSSR count). The molecule has 4 aliphatic carbocycles. The summed E-state index contributed by atoms with van der Waals surface area (Å²) < 4.78 is 22.0. The van der Waals surface area contributed by atoms with E-state index in [1.165, 1.54) is 18.8 Å². The van der Waals surface area contributed by atoms with Gasteiger partial charge < -0.3 is 25.1 Å². The topological polar surface area (TPSA) is 138 Å². The third-order valence-corrected chi connectivity index (χ3v) is 9.52. The maximum Gasteiger partial charge on any atom is 1.00 e. The first-order valence-electron chi connectivity index (χ1n) is 10.9. The van der Waals surface area contributed by atoms with Gasteiger partial charge in [0, 0.05) is 16.7 Å². The molecular formula is C23H33FNaO7P. The van der Waals surface area contributed by atoms with Crippen molar-refractivity contribution in [2.24, 2.45) is 28.6 Å². The van der Waals surface area contributed by atoms with E-state index in [0.717, 1.165) is 0 Å². The van der Waals surface area contributed by atoms with Gasteiger partial charge in [0.25, 0.3) is 0 Å². The Kier molecular flexibility index (Phi) is 8.37. The van der Waals surface area contributed by atoms with Gasteiger partial charge in [-0.05, 0) is 63.3 Å². The number of ketones is 2. The van der Waals surface area contributed by atoms with Crippen molar-refractivity contribution in [1.29, 1.82) is 0 Å². The van der Waals surface area contributed by atoms with Crippen molar-refractivity contribution in [3.63, 3.8) is 0 Å². The zero-order valence-electron chi connectivity index (χ0n) is 19.9. The maximum atomic E-state index is 17.0. The molecule has 7 nitrogen and oxygen atoms in total.